The predicted octanol–water partition coefficient (Wildman–Crippen LogP) is 4.18. The fraction of sp³-hybridized carbons (Fsp3) is 0.211. The number of benzene rings is 2. The Hall–Kier alpha value is -3.00. The molecule has 1 aromatic heterocycles. The number of nitrogens with zero attached hydrogens (tertiary/aromatic N) is 4. The van der Waals surface area contributed by atoms with E-state index in [1.807, 2.05) is 6.07 Å². The van der Waals surface area contributed by atoms with Crippen LogP contribution in [0, 0.1) is 10.6 Å². The van der Waals surface area contributed by atoms with Gasteiger partial charge in [0.1, 0.15) is 11.6 Å². The molecular weight excluding hydrogens is 365 g/mol. The zero-order valence-corrected chi connectivity index (χ0v) is 15.9. The maximum absolute atomic E-state index is 13.1. The molecule has 8 heteroatoms. The van der Waals surface area contributed by atoms with E-state index in [2.05, 4.69) is 34.0 Å². The first kappa shape index (κ1) is 18.8. The molecule has 0 aliphatic carbocycles. The largest absolute Gasteiger partial charge is 0.507 e. The molecule has 0 saturated heterocycles. The standard InChI is InChI=1S/C19H20FN5OS/c1-3-24(4-2)16-10-7-14(17(26)11-16)12-21-25-18(22-23-19(25)27)13-5-8-15(20)9-6-13/h5-12,26H,3-4H2,1-2H3,(H,23,27)/b21-12-. The molecule has 0 fully saturated rings. The average molecular weight is 385 g/mol. The number of hydrogen-bond acceptors (Lipinski definition) is 5. The Bertz CT molecular complexity index is 1010. The Balaban J connectivity index is 1.92. The quantitative estimate of drug-likeness (QED) is 0.493. The minimum absolute atomic E-state index is 0.126. The molecule has 0 atom stereocenters. The van der Waals surface area contributed by atoms with Crippen LogP contribution in [0.25, 0.3) is 11.4 Å². The molecule has 0 aliphatic rings. The second-order valence-electron chi connectivity index (χ2n) is 5.83. The van der Waals surface area contributed by atoms with Crippen molar-refractivity contribution in [2.45, 2.75) is 13.8 Å². The van der Waals surface area contributed by atoms with Crippen LogP contribution in [0.4, 0.5) is 10.1 Å². The van der Waals surface area contributed by atoms with Crippen LogP contribution in [0.3, 0.4) is 0 Å². The van der Waals surface area contributed by atoms with Gasteiger partial charge in [-0.2, -0.15) is 14.9 Å². The zero-order valence-electron chi connectivity index (χ0n) is 15.1. The van der Waals surface area contributed by atoms with Gasteiger partial charge < -0.3 is 10.0 Å². The summed E-state index contributed by atoms with van der Waals surface area (Å²) in [6.45, 7) is 5.84. The van der Waals surface area contributed by atoms with Crippen LogP contribution in [0.1, 0.15) is 19.4 Å². The monoisotopic (exact) mass is 385 g/mol. The number of aromatic hydroxyl groups is 1. The molecule has 3 aromatic rings. The number of rotatable bonds is 6. The van der Waals surface area contributed by atoms with Gasteiger partial charge in [-0.1, -0.05) is 0 Å². The van der Waals surface area contributed by atoms with E-state index in [4.69, 9.17) is 12.2 Å². The summed E-state index contributed by atoms with van der Waals surface area (Å²) in [7, 11) is 0. The molecule has 2 aromatic carbocycles. The first-order valence-corrected chi connectivity index (χ1v) is 9.00. The van der Waals surface area contributed by atoms with Crippen LogP contribution in [0.5, 0.6) is 5.75 Å². The molecule has 0 aliphatic heterocycles. The van der Waals surface area contributed by atoms with Gasteiger partial charge in [0.2, 0.25) is 4.77 Å². The van der Waals surface area contributed by atoms with Crippen LogP contribution in [-0.4, -0.2) is 39.3 Å². The molecule has 1 heterocycles. The Morgan fingerprint density at radius 2 is 1.93 bits per heavy atom. The zero-order chi connectivity index (χ0) is 19.4. The van der Waals surface area contributed by atoms with Crippen molar-refractivity contribution < 1.29 is 9.50 Å². The second kappa shape index (κ2) is 8.13. The van der Waals surface area contributed by atoms with E-state index in [0.29, 0.717) is 21.7 Å². The summed E-state index contributed by atoms with van der Waals surface area (Å²) in [5.74, 6) is 0.248. The van der Waals surface area contributed by atoms with Crippen molar-refractivity contribution in [2.24, 2.45) is 5.10 Å². The van der Waals surface area contributed by atoms with Crippen LogP contribution in [0.2, 0.25) is 0 Å². The lowest BCUT2D eigenvalue weighted by atomic mass is 10.2. The summed E-state index contributed by atoms with van der Waals surface area (Å²) in [6, 6.07) is 11.3. The highest BCUT2D eigenvalue weighted by atomic mass is 32.1. The minimum atomic E-state index is -0.332. The molecule has 27 heavy (non-hydrogen) atoms. The SMILES string of the molecule is CCN(CC)c1ccc(/C=N\n2c(-c3ccc(F)cc3)n[nH]c2=S)c(O)c1. The summed E-state index contributed by atoms with van der Waals surface area (Å²) in [5, 5.41) is 21.5. The van der Waals surface area contributed by atoms with E-state index < -0.39 is 0 Å². The van der Waals surface area contributed by atoms with Gasteiger partial charge in [0.25, 0.3) is 0 Å². The van der Waals surface area contributed by atoms with E-state index in [0.717, 1.165) is 18.8 Å². The third-order valence-corrected chi connectivity index (χ3v) is 4.47. The van der Waals surface area contributed by atoms with E-state index in [9.17, 15) is 9.50 Å². The summed E-state index contributed by atoms with van der Waals surface area (Å²) < 4.78 is 14.9. The third-order valence-electron chi connectivity index (χ3n) is 4.21. The summed E-state index contributed by atoms with van der Waals surface area (Å²) in [5.41, 5.74) is 2.17. The van der Waals surface area contributed by atoms with Crippen molar-refractivity contribution in [3.63, 3.8) is 0 Å². The normalized spacial score (nSPS) is 11.2. The van der Waals surface area contributed by atoms with Crippen molar-refractivity contribution in [3.8, 4) is 17.1 Å². The van der Waals surface area contributed by atoms with Crippen molar-refractivity contribution in [3.05, 3.63) is 58.6 Å². The number of phenolic OH excluding ortho intramolecular Hbond substituents is 1. The molecule has 0 radical (unpaired) electrons. The van der Waals surface area contributed by atoms with Crippen molar-refractivity contribution in [1.29, 1.82) is 0 Å². The number of aromatic nitrogens is 3. The number of H-pyrrole nitrogens is 1. The van der Waals surface area contributed by atoms with Crippen LogP contribution >= 0.6 is 12.2 Å². The summed E-state index contributed by atoms with van der Waals surface area (Å²) in [6.07, 6.45) is 1.51. The Kier molecular flexibility index (Phi) is 5.66. The Labute approximate surface area is 161 Å². The number of hydrogen-bond donors (Lipinski definition) is 2. The molecule has 3 rings (SSSR count). The van der Waals surface area contributed by atoms with Crippen LogP contribution in [0.15, 0.2) is 47.6 Å². The third kappa shape index (κ3) is 4.06. The predicted molar refractivity (Wildman–Crippen MR) is 107 cm³/mol. The molecule has 0 bridgehead atoms. The fourth-order valence-electron chi connectivity index (χ4n) is 2.73. The Morgan fingerprint density at radius 1 is 1.22 bits per heavy atom. The topological polar surface area (TPSA) is 69.4 Å². The lowest BCUT2D eigenvalue weighted by Gasteiger charge is -2.21. The van der Waals surface area contributed by atoms with Gasteiger partial charge in [0.05, 0.1) is 6.21 Å². The fourth-order valence-corrected chi connectivity index (χ4v) is 2.91. The number of nitrogens with one attached hydrogen (secondary N) is 1. The summed E-state index contributed by atoms with van der Waals surface area (Å²) >= 11 is 5.22. The van der Waals surface area contributed by atoms with Gasteiger partial charge in [-0.25, -0.2) is 9.49 Å². The van der Waals surface area contributed by atoms with Gasteiger partial charge >= 0.3 is 0 Å². The maximum atomic E-state index is 13.1. The lowest BCUT2D eigenvalue weighted by Crippen LogP contribution is -2.21. The molecule has 6 nitrogen and oxygen atoms in total. The van der Waals surface area contributed by atoms with Crippen LogP contribution < -0.4 is 4.90 Å². The van der Waals surface area contributed by atoms with E-state index in [1.165, 1.54) is 23.0 Å². The first-order valence-electron chi connectivity index (χ1n) is 8.59. The smallest absolute Gasteiger partial charge is 0.216 e. The van der Waals surface area contributed by atoms with Gasteiger partial charge in [0, 0.05) is 36.0 Å². The number of anilines is 1. The minimum Gasteiger partial charge on any atom is -0.507 e. The van der Waals surface area contributed by atoms with Crippen molar-refractivity contribution in [2.75, 3.05) is 18.0 Å². The lowest BCUT2D eigenvalue weighted by molar-refractivity contribution is 0.474. The highest BCUT2D eigenvalue weighted by Crippen LogP contribution is 2.24. The first-order chi connectivity index (χ1) is 13.0. The van der Waals surface area contributed by atoms with Gasteiger partial charge in [-0.3, -0.25) is 0 Å². The van der Waals surface area contributed by atoms with Gasteiger partial charge in [-0.05, 0) is 62.5 Å². The van der Waals surface area contributed by atoms with E-state index >= 15 is 0 Å². The number of phenols is 1. The van der Waals surface area contributed by atoms with E-state index in [1.54, 1.807) is 24.3 Å². The van der Waals surface area contributed by atoms with E-state index in [-0.39, 0.29) is 11.6 Å². The van der Waals surface area contributed by atoms with Gasteiger partial charge in [-0.15, -0.1) is 0 Å². The van der Waals surface area contributed by atoms with Crippen LogP contribution in [-0.2, 0) is 0 Å². The molecule has 0 unspecified atom stereocenters. The van der Waals surface area contributed by atoms with Gasteiger partial charge in [0.15, 0.2) is 5.82 Å². The molecule has 0 amide bonds. The second-order valence-corrected chi connectivity index (χ2v) is 6.22. The number of halogens is 1. The molecule has 0 spiro atoms. The molecule has 140 valence electrons. The molecular formula is C19H20FN5OS. The highest BCUT2D eigenvalue weighted by Gasteiger charge is 2.09. The van der Waals surface area contributed by atoms with Crippen molar-refractivity contribution in [1.82, 2.24) is 14.9 Å². The molecule has 2 N–H and O–H groups in total. The maximum Gasteiger partial charge on any atom is 0.216 e. The average Bonchev–Trinajstić information content (AvgIpc) is 3.03. The summed E-state index contributed by atoms with van der Waals surface area (Å²) in [4.78, 5) is 2.14. The van der Waals surface area contributed by atoms with Crippen molar-refractivity contribution >= 4 is 24.1 Å². The Morgan fingerprint density at radius 3 is 2.56 bits per heavy atom. The molecule has 0 saturated carbocycles. The highest BCUT2D eigenvalue weighted by molar-refractivity contribution is 7.71. The number of aromatic amines is 1.